The molecule has 1 atom stereocenters. The number of hydrogen-bond acceptors (Lipinski definition) is 2. The van der Waals surface area contributed by atoms with Gasteiger partial charge in [0.25, 0.3) is 0 Å². The summed E-state index contributed by atoms with van der Waals surface area (Å²) in [5, 5.41) is 12.8. The number of carbonyl (C=O) groups excluding carboxylic acids is 1. The SMILES string of the molecule is CCC1CCC(C#N)(NC(=O)C2CCCCC2(C)C)CC1. The summed E-state index contributed by atoms with van der Waals surface area (Å²) in [4.78, 5) is 12.7. The highest BCUT2D eigenvalue weighted by atomic mass is 16.2. The van der Waals surface area contributed by atoms with Gasteiger partial charge in [-0.15, -0.1) is 0 Å². The van der Waals surface area contributed by atoms with Crippen LogP contribution in [0.1, 0.15) is 78.6 Å². The van der Waals surface area contributed by atoms with Gasteiger partial charge in [-0.3, -0.25) is 4.79 Å². The Bertz CT molecular complexity index is 413. The molecule has 3 nitrogen and oxygen atoms in total. The fourth-order valence-electron chi connectivity index (χ4n) is 4.15. The van der Waals surface area contributed by atoms with E-state index in [0.717, 1.165) is 50.9 Å². The molecule has 2 fully saturated rings. The standard InChI is InChI=1S/C18H30N2O/c1-4-14-8-11-18(13-19,12-9-14)20-16(21)15-7-5-6-10-17(15,2)3/h14-15H,4-12H2,1-3H3,(H,20,21). The fraction of sp³-hybridized carbons (Fsp3) is 0.889. The molecule has 118 valence electrons. The quantitative estimate of drug-likeness (QED) is 0.847. The van der Waals surface area contributed by atoms with Gasteiger partial charge in [-0.05, 0) is 49.9 Å². The molecule has 1 N–H and O–H groups in total. The van der Waals surface area contributed by atoms with Crippen molar-refractivity contribution in [1.82, 2.24) is 5.32 Å². The van der Waals surface area contributed by atoms with Crippen molar-refractivity contribution in [3.63, 3.8) is 0 Å². The number of hydrogen-bond donors (Lipinski definition) is 1. The molecule has 0 heterocycles. The summed E-state index contributed by atoms with van der Waals surface area (Å²) in [5.74, 6) is 0.922. The minimum absolute atomic E-state index is 0.0690. The molecule has 21 heavy (non-hydrogen) atoms. The van der Waals surface area contributed by atoms with E-state index < -0.39 is 5.54 Å². The van der Waals surface area contributed by atoms with Crippen molar-refractivity contribution in [1.29, 1.82) is 5.26 Å². The van der Waals surface area contributed by atoms with Gasteiger partial charge in [0.2, 0.25) is 5.91 Å². The molecule has 0 saturated heterocycles. The maximum absolute atomic E-state index is 12.7. The van der Waals surface area contributed by atoms with E-state index in [9.17, 15) is 10.1 Å². The lowest BCUT2D eigenvalue weighted by atomic mass is 9.68. The molecule has 0 aromatic rings. The molecule has 2 aliphatic rings. The highest BCUT2D eigenvalue weighted by molar-refractivity contribution is 5.80. The molecule has 1 unspecified atom stereocenters. The van der Waals surface area contributed by atoms with Crippen LogP contribution in [0.2, 0.25) is 0 Å². The first kappa shape index (κ1) is 16.3. The van der Waals surface area contributed by atoms with Crippen molar-refractivity contribution >= 4 is 5.91 Å². The van der Waals surface area contributed by atoms with Crippen LogP contribution in [0.15, 0.2) is 0 Å². The van der Waals surface area contributed by atoms with Gasteiger partial charge in [-0.2, -0.15) is 5.26 Å². The minimum Gasteiger partial charge on any atom is -0.338 e. The van der Waals surface area contributed by atoms with Crippen LogP contribution in [0.5, 0.6) is 0 Å². The molecule has 2 saturated carbocycles. The molecule has 0 aromatic heterocycles. The van der Waals surface area contributed by atoms with E-state index in [2.05, 4.69) is 32.2 Å². The van der Waals surface area contributed by atoms with E-state index in [0.29, 0.717) is 0 Å². The van der Waals surface area contributed by atoms with E-state index in [1.54, 1.807) is 0 Å². The zero-order valence-corrected chi connectivity index (χ0v) is 13.9. The maximum atomic E-state index is 12.7. The lowest BCUT2D eigenvalue weighted by molar-refractivity contribution is -0.132. The first-order valence-corrected chi connectivity index (χ1v) is 8.66. The Kier molecular flexibility index (Phi) is 4.96. The van der Waals surface area contributed by atoms with Gasteiger partial charge < -0.3 is 5.32 Å². The molecule has 2 rings (SSSR count). The number of nitrogens with one attached hydrogen (secondary N) is 1. The smallest absolute Gasteiger partial charge is 0.224 e. The molecule has 0 bridgehead atoms. The van der Waals surface area contributed by atoms with Crippen molar-refractivity contribution in [3.05, 3.63) is 0 Å². The van der Waals surface area contributed by atoms with Crippen molar-refractivity contribution in [3.8, 4) is 6.07 Å². The molecule has 3 heteroatoms. The number of nitrogens with zero attached hydrogens (tertiary/aromatic N) is 1. The fourth-order valence-corrected chi connectivity index (χ4v) is 4.15. The topological polar surface area (TPSA) is 52.9 Å². The van der Waals surface area contributed by atoms with Crippen LogP contribution in [0, 0.1) is 28.6 Å². The molecule has 2 aliphatic carbocycles. The zero-order chi connectivity index (χ0) is 15.5. The zero-order valence-electron chi connectivity index (χ0n) is 13.9. The predicted octanol–water partition coefficient (Wildman–Crippen LogP) is 4.18. The third-order valence-electron chi connectivity index (χ3n) is 5.94. The lowest BCUT2D eigenvalue weighted by Gasteiger charge is -2.41. The van der Waals surface area contributed by atoms with Crippen LogP contribution in [0.4, 0.5) is 0 Å². The lowest BCUT2D eigenvalue weighted by Crippen LogP contribution is -2.53. The van der Waals surface area contributed by atoms with E-state index in [-0.39, 0.29) is 17.2 Å². The van der Waals surface area contributed by atoms with Crippen LogP contribution >= 0.6 is 0 Å². The van der Waals surface area contributed by atoms with Crippen molar-refractivity contribution < 1.29 is 4.79 Å². The summed E-state index contributed by atoms with van der Waals surface area (Å²) in [7, 11) is 0. The Balaban J connectivity index is 2.02. The second-order valence-corrected chi connectivity index (χ2v) is 7.82. The largest absolute Gasteiger partial charge is 0.338 e. The first-order chi connectivity index (χ1) is 9.92. The van der Waals surface area contributed by atoms with Gasteiger partial charge >= 0.3 is 0 Å². The summed E-state index contributed by atoms with van der Waals surface area (Å²) in [6.07, 6.45) is 9.40. The Hall–Kier alpha value is -1.04. The summed E-state index contributed by atoms with van der Waals surface area (Å²) in [6.45, 7) is 6.61. The van der Waals surface area contributed by atoms with Gasteiger partial charge in [-0.1, -0.05) is 40.0 Å². The highest BCUT2D eigenvalue weighted by Crippen LogP contribution is 2.41. The van der Waals surface area contributed by atoms with Gasteiger partial charge in [-0.25, -0.2) is 0 Å². The second-order valence-electron chi connectivity index (χ2n) is 7.82. The highest BCUT2D eigenvalue weighted by Gasteiger charge is 2.42. The molecule has 0 aliphatic heterocycles. The first-order valence-electron chi connectivity index (χ1n) is 8.66. The summed E-state index contributed by atoms with van der Waals surface area (Å²) in [5.41, 5.74) is -0.532. The Morgan fingerprint density at radius 1 is 1.19 bits per heavy atom. The van der Waals surface area contributed by atoms with Crippen molar-refractivity contribution in [2.45, 2.75) is 84.1 Å². The minimum atomic E-state index is -0.601. The second kappa shape index (κ2) is 6.38. The number of amides is 1. The average Bonchev–Trinajstić information content (AvgIpc) is 2.47. The van der Waals surface area contributed by atoms with Gasteiger partial charge in [0, 0.05) is 5.92 Å². The van der Waals surface area contributed by atoms with Gasteiger partial charge in [0.15, 0.2) is 0 Å². The summed E-state index contributed by atoms with van der Waals surface area (Å²) in [6, 6.07) is 2.43. The van der Waals surface area contributed by atoms with E-state index >= 15 is 0 Å². The monoisotopic (exact) mass is 290 g/mol. The van der Waals surface area contributed by atoms with Crippen molar-refractivity contribution in [2.75, 3.05) is 0 Å². The average molecular weight is 290 g/mol. The van der Waals surface area contributed by atoms with Crippen LogP contribution < -0.4 is 5.32 Å². The van der Waals surface area contributed by atoms with E-state index in [4.69, 9.17) is 0 Å². The molecule has 0 spiro atoms. The van der Waals surface area contributed by atoms with Crippen LogP contribution in [-0.4, -0.2) is 11.4 Å². The summed E-state index contributed by atoms with van der Waals surface area (Å²) >= 11 is 0. The van der Waals surface area contributed by atoms with E-state index in [1.807, 2.05) is 0 Å². The van der Waals surface area contributed by atoms with Crippen LogP contribution in [0.3, 0.4) is 0 Å². The number of rotatable bonds is 3. The number of nitriles is 1. The van der Waals surface area contributed by atoms with Crippen LogP contribution in [0.25, 0.3) is 0 Å². The van der Waals surface area contributed by atoms with Gasteiger partial charge in [0.05, 0.1) is 6.07 Å². The Labute approximate surface area is 129 Å². The molecule has 0 radical (unpaired) electrons. The number of carbonyl (C=O) groups is 1. The molecule has 1 amide bonds. The van der Waals surface area contributed by atoms with Gasteiger partial charge in [0.1, 0.15) is 5.54 Å². The van der Waals surface area contributed by atoms with E-state index in [1.165, 1.54) is 12.8 Å². The predicted molar refractivity (Wildman–Crippen MR) is 84.5 cm³/mol. The van der Waals surface area contributed by atoms with Crippen LogP contribution in [-0.2, 0) is 4.79 Å². The third-order valence-corrected chi connectivity index (χ3v) is 5.94. The molecular formula is C18H30N2O. The molecular weight excluding hydrogens is 260 g/mol. The Morgan fingerprint density at radius 3 is 2.38 bits per heavy atom. The third kappa shape index (κ3) is 3.59. The summed E-state index contributed by atoms with van der Waals surface area (Å²) < 4.78 is 0. The Morgan fingerprint density at radius 2 is 1.86 bits per heavy atom. The maximum Gasteiger partial charge on any atom is 0.224 e. The normalized spacial score (nSPS) is 35.7. The molecule has 0 aromatic carbocycles. The van der Waals surface area contributed by atoms with Crippen molar-refractivity contribution in [2.24, 2.45) is 17.3 Å².